The van der Waals surface area contributed by atoms with Crippen LogP contribution in [0.1, 0.15) is 61.6 Å². The van der Waals surface area contributed by atoms with Crippen LogP contribution in [0.15, 0.2) is 40.8 Å². The number of carbonyl (C=O) groups excluding carboxylic acids is 3. The van der Waals surface area contributed by atoms with Crippen LogP contribution in [0.2, 0.25) is 0 Å². The number of hydroxylamine groups is 2. The van der Waals surface area contributed by atoms with E-state index in [0.29, 0.717) is 28.4 Å². The first-order valence-electron chi connectivity index (χ1n) is 11.2. The number of carbonyl (C=O) groups is 4. The van der Waals surface area contributed by atoms with Gasteiger partial charge in [0.2, 0.25) is 12.3 Å². The van der Waals surface area contributed by atoms with Crippen LogP contribution < -0.4 is 10.6 Å². The summed E-state index contributed by atoms with van der Waals surface area (Å²) in [6, 6.07) is 9.97. The Morgan fingerprint density at radius 3 is 2.59 bits per heavy atom. The summed E-state index contributed by atoms with van der Waals surface area (Å²) in [5.74, 6) is -2.72. The molecule has 1 aromatic carbocycles. The topological polar surface area (TPSA) is 149 Å². The molecule has 0 saturated carbocycles. The molecule has 2 atom stereocenters. The SMILES string of the molecule is CCCCC[C@H](CN(O)C=O)C(=O)NCNC(=O)c1ccc(-c2cccc(C(C)C(=O)O)c2)o1. The Balaban J connectivity index is 1.94. The fourth-order valence-electron chi connectivity index (χ4n) is 3.38. The summed E-state index contributed by atoms with van der Waals surface area (Å²) < 4.78 is 5.61. The lowest BCUT2D eigenvalue weighted by atomic mass is 9.98. The molecule has 0 bridgehead atoms. The number of unbranched alkanes of at least 4 members (excludes halogenated alkanes) is 2. The van der Waals surface area contributed by atoms with E-state index in [2.05, 4.69) is 10.6 Å². The second-order valence-electron chi connectivity index (χ2n) is 7.99. The lowest BCUT2D eigenvalue weighted by Crippen LogP contribution is -2.42. The van der Waals surface area contributed by atoms with E-state index in [-0.39, 0.29) is 31.3 Å². The van der Waals surface area contributed by atoms with E-state index in [1.165, 1.54) is 6.07 Å². The molecule has 34 heavy (non-hydrogen) atoms. The van der Waals surface area contributed by atoms with E-state index in [1.54, 1.807) is 37.3 Å². The Morgan fingerprint density at radius 2 is 1.91 bits per heavy atom. The van der Waals surface area contributed by atoms with Gasteiger partial charge in [-0.15, -0.1) is 0 Å². The van der Waals surface area contributed by atoms with Crippen LogP contribution in [-0.2, 0) is 14.4 Å². The normalized spacial score (nSPS) is 12.4. The second-order valence-corrected chi connectivity index (χ2v) is 7.99. The molecule has 0 radical (unpaired) electrons. The van der Waals surface area contributed by atoms with Crippen LogP contribution in [0.3, 0.4) is 0 Å². The van der Waals surface area contributed by atoms with Gasteiger partial charge in [-0.1, -0.05) is 44.4 Å². The molecule has 10 heteroatoms. The van der Waals surface area contributed by atoms with E-state index in [4.69, 9.17) is 4.42 Å². The second kappa shape index (κ2) is 13.1. The maximum Gasteiger partial charge on any atom is 0.310 e. The summed E-state index contributed by atoms with van der Waals surface area (Å²) >= 11 is 0. The standard InChI is InChI=1S/C24H31N3O7/c1-3-4-5-7-19(13-27(33)15-28)22(29)25-14-26-23(30)21-11-10-20(34-21)18-9-6-8-17(12-18)16(2)24(31)32/h6,8-12,15-16,19,33H,3-5,7,13-14H2,1-2H3,(H,25,29)(H,26,30)(H,31,32)/t16?,19-/m1/s1. The largest absolute Gasteiger partial charge is 0.481 e. The van der Waals surface area contributed by atoms with Gasteiger partial charge in [-0.05, 0) is 37.1 Å². The first kappa shape index (κ1) is 26.6. The third-order valence-corrected chi connectivity index (χ3v) is 5.44. The summed E-state index contributed by atoms with van der Waals surface area (Å²) in [5.41, 5.74) is 1.25. The first-order chi connectivity index (χ1) is 16.3. The van der Waals surface area contributed by atoms with Gasteiger partial charge in [0, 0.05) is 5.56 Å². The molecule has 0 saturated heterocycles. The molecule has 0 aliphatic rings. The number of amides is 3. The predicted molar refractivity (Wildman–Crippen MR) is 123 cm³/mol. The average molecular weight is 474 g/mol. The molecular formula is C24H31N3O7. The van der Waals surface area contributed by atoms with Crippen LogP contribution >= 0.6 is 0 Å². The minimum absolute atomic E-state index is 0.0305. The van der Waals surface area contributed by atoms with Gasteiger partial charge in [0.1, 0.15) is 5.76 Å². The Labute approximate surface area is 197 Å². The van der Waals surface area contributed by atoms with Gasteiger partial charge in [0.15, 0.2) is 5.76 Å². The van der Waals surface area contributed by atoms with Gasteiger partial charge >= 0.3 is 5.97 Å². The number of aliphatic carboxylic acids is 1. The fourth-order valence-corrected chi connectivity index (χ4v) is 3.38. The van der Waals surface area contributed by atoms with Crippen molar-refractivity contribution in [1.82, 2.24) is 15.7 Å². The molecule has 1 aromatic heterocycles. The third kappa shape index (κ3) is 7.73. The van der Waals surface area contributed by atoms with Crippen molar-refractivity contribution in [3.8, 4) is 11.3 Å². The summed E-state index contributed by atoms with van der Waals surface area (Å²) in [6.45, 7) is 3.33. The Morgan fingerprint density at radius 1 is 1.15 bits per heavy atom. The highest BCUT2D eigenvalue weighted by atomic mass is 16.5. The van der Waals surface area contributed by atoms with Crippen molar-refractivity contribution in [2.45, 2.75) is 45.4 Å². The number of rotatable bonds is 14. The van der Waals surface area contributed by atoms with Gasteiger partial charge in [0.25, 0.3) is 5.91 Å². The van der Waals surface area contributed by atoms with E-state index < -0.39 is 23.7 Å². The molecule has 0 aliphatic heterocycles. The van der Waals surface area contributed by atoms with Crippen molar-refractivity contribution >= 4 is 24.2 Å². The van der Waals surface area contributed by atoms with Crippen molar-refractivity contribution in [3.63, 3.8) is 0 Å². The summed E-state index contributed by atoms with van der Waals surface area (Å²) in [6.07, 6.45) is 3.41. The number of hydrogen-bond acceptors (Lipinski definition) is 6. The van der Waals surface area contributed by atoms with Crippen molar-refractivity contribution in [2.24, 2.45) is 5.92 Å². The van der Waals surface area contributed by atoms with Gasteiger partial charge in [-0.25, -0.2) is 5.06 Å². The number of carboxylic acids is 1. The number of benzene rings is 1. The highest BCUT2D eigenvalue weighted by Gasteiger charge is 2.21. The summed E-state index contributed by atoms with van der Waals surface area (Å²) in [4.78, 5) is 46.8. The van der Waals surface area contributed by atoms with Crippen molar-refractivity contribution in [2.75, 3.05) is 13.2 Å². The van der Waals surface area contributed by atoms with E-state index in [1.807, 2.05) is 6.92 Å². The van der Waals surface area contributed by atoms with Gasteiger partial charge in [-0.3, -0.25) is 24.4 Å². The zero-order valence-electron chi connectivity index (χ0n) is 19.3. The summed E-state index contributed by atoms with van der Waals surface area (Å²) in [5, 5.41) is 24.2. The maximum atomic E-state index is 12.4. The van der Waals surface area contributed by atoms with Gasteiger partial charge in [-0.2, -0.15) is 0 Å². The average Bonchev–Trinajstić information content (AvgIpc) is 3.33. The smallest absolute Gasteiger partial charge is 0.310 e. The molecule has 2 rings (SSSR count). The van der Waals surface area contributed by atoms with E-state index in [0.717, 1.165) is 19.3 Å². The lowest BCUT2D eigenvalue weighted by Gasteiger charge is -2.19. The molecule has 2 aromatic rings. The molecular weight excluding hydrogens is 442 g/mol. The molecule has 0 spiro atoms. The van der Waals surface area contributed by atoms with E-state index >= 15 is 0 Å². The van der Waals surface area contributed by atoms with Crippen LogP contribution in [-0.4, -0.2) is 52.8 Å². The number of carboxylic acid groups (broad SMARTS) is 1. The number of nitrogens with zero attached hydrogens (tertiary/aromatic N) is 1. The highest BCUT2D eigenvalue weighted by Crippen LogP contribution is 2.26. The van der Waals surface area contributed by atoms with Crippen molar-refractivity contribution in [1.29, 1.82) is 0 Å². The predicted octanol–water partition coefficient (Wildman–Crippen LogP) is 2.98. The molecule has 184 valence electrons. The molecule has 10 nitrogen and oxygen atoms in total. The first-order valence-corrected chi connectivity index (χ1v) is 11.2. The monoisotopic (exact) mass is 473 g/mol. The lowest BCUT2D eigenvalue weighted by molar-refractivity contribution is -0.154. The Bertz CT molecular complexity index is 988. The van der Waals surface area contributed by atoms with Crippen LogP contribution in [0.4, 0.5) is 0 Å². The molecule has 1 heterocycles. The van der Waals surface area contributed by atoms with Crippen molar-refractivity contribution in [3.05, 3.63) is 47.7 Å². The van der Waals surface area contributed by atoms with Gasteiger partial charge < -0.3 is 20.2 Å². The molecule has 1 unspecified atom stereocenters. The molecule has 0 fully saturated rings. The minimum atomic E-state index is -0.941. The molecule has 3 amide bonds. The fraction of sp³-hybridized carbons (Fsp3) is 0.417. The van der Waals surface area contributed by atoms with E-state index in [9.17, 15) is 29.5 Å². The highest BCUT2D eigenvalue weighted by molar-refractivity contribution is 5.92. The van der Waals surface area contributed by atoms with Crippen LogP contribution in [0.25, 0.3) is 11.3 Å². The maximum absolute atomic E-state index is 12.4. The zero-order valence-corrected chi connectivity index (χ0v) is 19.3. The number of nitrogens with one attached hydrogen (secondary N) is 2. The number of furan rings is 1. The quantitative estimate of drug-likeness (QED) is 0.108. The van der Waals surface area contributed by atoms with Gasteiger partial charge in [0.05, 0.1) is 25.0 Å². The van der Waals surface area contributed by atoms with Crippen molar-refractivity contribution < 1.29 is 33.9 Å². The number of hydrogen-bond donors (Lipinski definition) is 4. The Kier molecular flexibility index (Phi) is 10.3. The third-order valence-electron chi connectivity index (χ3n) is 5.44. The zero-order chi connectivity index (χ0) is 25.1. The molecule has 4 N–H and O–H groups in total. The molecule has 0 aliphatic carbocycles. The van der Waals surface area contributed by atoms with Crippen LogP contribution in [0, 0.1) is 5.92 Å². The van der Waals surface area contributed by atoms with Crippen LogP contribution in [0.5, 0.6) is 0 Å². The minimum Gasteiger partial charge on any atom is -0.481 e. The summed E-state index contributed by atoms with van der Waals surface area (Å²) in [7, 11) is 0. The Hall–Kier alpha value is -3.66.